The van der Waals surface area contributed by atoms with Gasteiger partial charge in [0.15, 0.2) is 0 Å². The second-order valence-corrected chi connectivity index (χ2v) is 5.28. The molecule has 1 rings (SSSR count). The van der Waals surface area contributed by atoms with Crippen LogP contribution in [-0.2, 0) is 9.59 Å². The Kier molecular flexibility index (Phi) is 5.63. The number of carboxylic acids is 1. The molecule has 1 amide bonds. The first-order chi connectivity index (χ1) is 8.51. The highest BCUT2D eigenvalue weighted by molar-refractivity contribution is 5.80. The van der Waals surface area contributed by atoms with Gasteiger partial charge in [0.1, 0.15) is 0 Å². The van der Waals surface area contributed by atoms with Crippen LogP contribution in [0.15, 0.2) is 0 Å². The number of nitrogens with zero attached hydrogens (tertiary/aromatic N) is 1. The van der Waals surface area contributed by atoms with E-state index < -0.39 is 5.97 Å². The maximum atomic E-state index is 12.4. The normalized spacial score (nSPS) is 25.5. The summed E-state index contributed by atoms with van der Waals surface area (Å²) < 4.78 is 0. The molecule has 0 aromatic heterocycles. The third-order valence-corrected chi connectivity index (χ3v) is 4.12. The molecule has 0 spiro atoms. The molecule has 104 valence electrons. The minimum absolute atomic E-state index is 0.0891. The fourth-order valence-electron chi connectivity index (χ4n) is 2.78. The zero-order valence-electron chi connectivity index (χ0n) is 11.7. The van der Waals surface area contributed by atoms with Crippen molar-refractivity contribution in [1.29, 1.82) is 0 Å². The van der Waals surface area contributed by atoms with Crippen LogP contribution in [0, 0.1) is 11.8 Å². The minimum Gasteiger partial charge on any atom is -0.481 e. The Hall–Kier alpha value is -1.06. The fraction of sp³-hybridized carbons (Fsp3) is 0.857. The van der Waals surface area contributed by atoms with Crippen molar-refractivity contribution in [2.75, 3.05) is 6.54 Å². The fourth-order valence-corrected chi connectivity index (χ4v) is 2.78. The standard InChI is InChI=1S/C14H25NO3/c1-4-10(3)15(5-2)13(16)11-7-6-8-12(9-11)14(17)18/h10-12H,4-9H2,1-3H3,(H,17,18). The first-order valence-electron chi connectivity index (χ1n) is 7.04. The Morgan fingerprint density at radius 3 is 2.39 bits per heavy atom. The van der Waals surface area contributed by atoms with Crippen LogP contribution in [0.3, 0.4) is 0 Å². The quantitative estimate of drug-likeness (QED) is 0.821. The Labute approximate surface area is 109 Å². The Morgan fingerprint density at radius 2 is 1.89 bits per heavy atom. The summed E-state index contributed by atoms with van der Waals surface area (Å²) in [5, 5.41) is 9.06. The van der Waals surface area contributed by atoms with E-state index in [-0.39, 0.29) is 23.8 Å². The van der Waals surface area contributed by atoms with Crippen molar-refractivity contribution < 1.29 is 14.7 Å². The van der Waals surface area contributed by atoms with Gasteiger partial charge in [-0.3, -0.25) is 9.59 Å². The summed E-state index contributed by atoms with van der Waals surface area (Å²) >= 11 is 0. The van der Waals surface area contributed by atoms with E-state index >= 15 is 0 Å². The summed E-state index contributed by atoms with van der Waals surface area (Å²) in [6.45, 7) is 6.82. The van der Waals surface area contributed by atoms with E-state index in [0.29, 0.717) is 19.4 Å². The molecule has 4 nitrogen and oxygen atoms in total. The molecule has 0 aromatic carbocycles. The van der Waals surface area contributed by atoms with Crippen molar-refractivity contribution >= 4 is 11.9 Å². The monoisotopic (exact) mass is 255 g/mol. The van der Waals surface area contributed by atoms with E-state index in [4.69, 9.17) is 5.11 Å². The molecule has 0 saturated heterocycles. The molecule has 0 aliphatic heterocycles. The largest absolute Gasteiger partial charge is 0.481 e. The maximum Gasteiger partial charge on any atom is 0.306 e. The van der Waals surface area contributed by atoms with Crippen LogP contribution < -0.4 is 0 Å². The van der Waals surface area contributed by atoms with E-state index in [1.54, 1.807) is 0 Å². The van der Waals surface area contributed by atoms with Gasteiger partial charge < -0.3 is 10.0 Å². The highest BCUT2D eigenvalue weighted by atomic mass is 16.4. The predicted octanol–water partition coefficient (Wildman–Crippen LogP) is 2.52. The Morgan fingerprint density at radius 1 is 1.28 bits per heavy atom. The summed E-state index contributed by atoms with van der Waals surface area (Å²) in [5.74, 6) is -1.02. The summed E-state index contributed by atoms with van der Waals surface area (Å²) in [5.41, 5.74) is 0. The molecule has 1 saturated carbocycles. The van der Waals surface area contributed by atoms with Crippen LogP contribution in [-0.4, -0.2) is 34.5 Å². The lowest BCUT2D eigenvalue weighted by atomic mass is 9.80. The zero-order valence-corrected chi connectivity index (χ0v) is 11.7. The van der Waals surface area contributed by atoms with E-state index in [2.05, 4.69) is 13.8 Å². The van der Waals surface area contributed by atoms with Crippen LogP contribution in [0.1, 0.15) is 52.9 Å². The predicted molar refractivity (Wildman–Crippen MR) is 70.2 cm³/mol. The zero-order chi connectivity index (χ0) is 13.7. The van der Waals surface area contributed by atoms with Gasteiger partial charge in [-0.05, 0) is 39.5 Å². The molecule has 3 unspecified atom stereocenters. The molecule has 4 heteroatoms. The molecular formula is C14H25NO3. The van der Waals surface area contributed by atoms with Crippen LogP contribution in [0.2, 0.25) is 0 Å². The molecule has 1 fully saturated rings. The number of rotatable bonds is 5. The van der Waals surface area contributed by atoms with Crippen LogP contribution in [0.25, 0.3) is 0 Å². The van der Waals surface area contributed by atoms with E-state index in [9.17, 15) is 9.59 Å². The number of hydrogen-bond acceptors (Lipinski definition) is 2. The summed E-state index contributed by atoms with van der Waals surface area (Å²) in [7, 11) is 0. The smallest absolute Gasteiger partial charge is 0.306 e. The molecule has 1 aliphatic carbocycles. The van der Waals surface area contributed by atoms with Gasteiger partial charge in [0.2, 0.25) is 5.91 Å². The van der Waals surface area contributed by atoms with E-state index in [1.165, 1.54) is 0 Å². The lowest BCUT2D eigenvalue weighted by Crippen LogP contribution is -2.43. The highest BCUT2D eigenvalue weighted by Crippen LogP contribution is 2.31. The first-order valence-corrected chi connectivity index (χ1v) is 7.04. The van der Waals surface area contributed by atoms with Crippen molar-refractivity contribution in [3.8, 4) is 0 Å². The van der Waals surface area contributed by atoms with Crippen molar-refractivity contribution in [2.45, 2.75) is 58.9 Å². The average Bonchev–Trinajstić information content (AvgIpc) is 2.39. The van der Waals surface area contributed by atoms with Crippen molar-refractivity contribution in [3.05, 3.63) is 0 Å². The number of carboxylic acid groups (broad SMARTS) is 1. The van der Waals surface area contributed by atoms with Crippen molar-refractivity contribution in [1.82, 2.24) is 4.90 Å². The van der Waals surface area contributed by atoms with Gasteiger partial charge in [0, 0.05) is 18.5 Å². The van der Waals surface area contributed by atoms with Gasteiger partial charge in [-0.2, -0.15) is 0 Å². The molecule has 3 atom stereocenters. The minimum atomic E-state index is -0.751. The molecule has 18 heavy (non-hydrogen) atoms. The SMILES string of the molecule is CCC(C)N(CC)C(=O)C1CCCC(C(=O)O)C1. The van der Waals surface area contributed by atoms with Crippen molar-refractivity contribution in [2.24, 2.45) is 11.8 Å². The number of aliphatic carboxylic acids is 1. The number of hydrogen-bond donors (Lipinski definition) is 1. The number of amides is 1. The Bertz CT molecular complexity index is 303. The lowest BCUT2D eigenvalue weighted by Gasteiger charge is -2.34. The van der Waals surface area contributed by atoms with Crippen LogP contribution >= 0.6 is 0 Å². The van der Waals surface area contributed by atoms with Gasteiger partial charge in [0.25, 0.3) is 0 Å². The molecule has 1 aliphatic rings. The van der Waals surface area contributed by atoms with Crippen LogP contribution in [0.4, 0.5) is 0 Å². The Balaban J connectivity index is 2.67. The number of carbonyl (C=O) groups is 2. The highest BCUT2D eigenvalue weighted by Gasteiger charge is 2.33. The summed E-state index contributed by atoms with van der Waals surface area (Å²) in [6.07, 6.45) is 3.87. The molecule has 0 heterocycles. The van der Waals surface area contributed by atoms with Gasteiger partial charge >= 0.3 is 5.97 Å². The summed E-state index contributed by atoms with van der Waals surface area (Å²) in [4.78, 5) is 25.4. The molecular weight excluding hydrogens is 230 g/mol. The molecule has 0 radical (unpaired) electrons. The lowest BCUT2D eigenvalue weighted by molar-refractivity contribution is -0.146. The first kappa shape index (κ1) is 15.0. The third kappa shape index (κ3) is 3.47. The molecule has 1 N–H and O–H groups in total. The van der Waals surface area contributed by atoms with Gasteiger partial charge in [0.05, 0.1) is 5.92 Å². The second-order valence-electron chi connectivity index (χ2n) is 5.28. The average molecular weight is 255 g/mol. The van der Waals surface area contributed by atoms with Crippen LogP contribution in [0.5, 0.6) is 0 Å². The molecule has 0 aromatic rings. The second kappa shape index (κ2) is 6.76. The van der Waals surface area contributed by atoms with Gasteiger partial charge in [-0.1, -0.05) is 13.3 Å². The van der Waals surface area contributed by atoms with Gasteiger partial charge in [-0.25, -0.2) is 0 Å². The maximum absolute atomic E-state index is 12.4. The third-order valence-electron chi connectivity index (χ3n) is 4.12. The molecule has 0 bridgehead atoms. The van der Waals surface area contributed by atoms with E-state index in [0.717, 1.165) is 19.3 Å². The van der Waals surface area contributed by atoms with Crippen molar-refractivity contribution in [3.63, 3.8) is 0 Å². The summed E-state index contributed by atoms with van der Waals surface area (Å²) in [6, 6.07) is 0.243. The number of carbonyl (C=O) groups excluding carboxylic acids is 1. The van der Waals surface area contributed by atoms with Gasteiger partial charge in [-0.15, -0.1) is 0 Å². The topological polar surface area (TPSA) is 57.6 Å². The van der Waals surface area contributed by atoms with E-state index in [1.807, 2.05) is 11.8 Å².